The third-order valence-corrected chi connectivity index (χ3v) is 6.30. The molecule has 4 rings (SSSR count). The zero-order valence-corrected chi connectivity index (χ0v) is 21.1. The Morgan fingerprint density at radius 3 is 2.47 bits per heavy atom. The third-order valence-electron chi connectivity index (χ3n) is 6.30. The number of ether oxygens (including phenoxy) is 2. The van der Waals surface area contributed by atoms with Crippen LogP contribution in [-0.2, 0) is 9.53 Å². The highest BCUT2D eigenvalue weighted by molar-refractivity contribution is 5.91. The molecular formula is C25H26F5N5O3. The average Bonchev–Trinajstić information content (AvgIpc) is 2.84. The van der Waals surface area contributed by atoms with Crippen molar-refractivity contribution in [3.63, 3.8) is 0 Å². The summed E-state index contributed by atoms with van der Waals surface area (Å²) in [6.07, 6.45) is -5.73. The summed E-state index contributed by atoms with van der Waals surface area (Å²) in [5, 5.41) is 3.40. The van der Waals surface area contributed by atoms with E-state index in [0.717, 1.165) is 6.07 Å². The zero-order valence-electron chi connectivity index (χ0n) is 21.1. The summed E-state index contributed by atoms with van der Waals surface area (Å²) in [5.41, 5.74) is -1.06. The van der Waals surface area contributed by atoms with E-state index in [1.807, 2.05) is 0 Å². The van der Waals surface area contributed by atoms with Crippen LogP contribution in [0.2, 0.25) is 0 Å². The van der Waals surface area contributed by atoms with E-state index < -0.39 is 48.3 Å². The van der Waals surface area contributed by atoms with Crippen LogP contribution in [0.25, 0.3) is 11.0 Å². The number of fused-ring (bicyclic) bond motifs is 1. The van der Waals surface area contributed by atoms with Crippen LogP contribution in [0.3, 0.4) is 0 Å². The number of rotatable bonds is 9. The lowest BCUT2D eigenvalue weighted by atomic mass is 9.81. The topological polar surface area (TPSA) is 89.5 Å². The van der Waals surface area contributed by atoms with Gasteiger partial charge in [0.15, 0.2) is 12.3 Å². The van der Waals surface area contributed by atoms with Crippen molar-refractivity contribution in [3.8, 4) is 5.88 Å². The third kappa shape index (κ3) is 5.27. The molecule has 1 N–H and O–H groups in total. The van der Waals surface area contributed by atoms with Crippen molar-refractivity contribution in [1.82, 2.24) is 15.0 Å². The smallest absolute Gasteiger partial charge is 0.315 e. The number of nitrogens with zero attached hydrogens (tertiary/aromatic N) is 4. The van der Waals surface area contributed by atoms with Crippen molar-refractivity contribution >= 4 is 28.5 Å². The fourth-order valence-corrected chi connectivity index (χ4v) is 4.42. The molecule has 1 aliphatic heterocycles. The second kappa shape index (κ2) is 10.5. The Kier molecular flexibility index (Phi) is 7.56. The van der Waals surface area contributed by atoms with Gasteiger partial charge in [-0.3, -0.25) is 4.79 Å². The van der Waals surface area contributed by atoms with E-state index in [4.69, 9.17) is 9.47 Å². The first-order valence-electron chi connectivity index (χ1n) is 11.7. The van der Waals surface area contributed by atoms with Gasteiger partial charge in [0, 0.05) is 18.7 Å². The lowest BCUT2D eigenvalue weighted by Gasteiger charge is -2.47. The van der Waals surface area contributed by atoms with Crippen LogP contribution in [0.4, 0.5) is 33.5 Å². The first-order chi connectivity index (χ1) is 17.9. The first-order valence-corrected chi connectivity index (χ1v) is 11.7. The predicted molar refractivity (Wildman–Crippen MR) is 129 cm³/mol. The molecule has 204 valence electrons. The van der Waals surface area contributed by atoms with Crippen molar-refractivity contribution in [2.75, 3.05) is 37.0 Å². The fourth-order valence-electron chi connectivity index (χ4n) is 4.42. The van der Waals surface area contributed by atoms with Crippen molar-refractivity contribution in [1.29, 1.82) is 0 Å². The summed E-state index contributed by atoms with van der Waals surface area (Å²) in [7, 11) is 1.28. The van der Waals surface area contributed by atoms with Gasteiger partial charge in [0.25, 0.3) is 12.9 Å². The Morgan fingerprint density at radius 1 is 1.16 bits per heavy atom. The van der Waals surface area contributed by atoms with Crippen LogP contribution in [0.1, 0.15) is 43.3 Å². The van der Waals surface area contributed by atoms with Crippen LogP contribution in [0.15, 0.2) is 24.3 Å². The molecule has 13 heteroatoms. The quantitative estimate of drug-likeness (QED) is 0.292. The van der Waals surface area contributed by atoms with Crippen LogP contribution in [0.5, 0.6) is 5.88 Å². The largest absolute Gasteiger partial charge is 0.470 e. The Balaban J connectivity index is 1.74. The summed E-state index contributed by atoms with van der Waals surface area (Å²) >= 11 is 0. The van der Waals surface area contributed by atoms with E-state index in [0.29, 0.717) is 11.1 Å². The van der Waals surface area contributed by atoms with Gasteiger partial charge in [-0.05, 0) is 26.8 Å². The molecule has 0 radical (unpaired) electrons. The number of carbonyl (C=O) groups is 1. The van der Waals surface area contributed by atoms with Gasteiger partial charge in [-0.15, -0.1) is 0 Å². The summed E-state index contributed by atoms with van der Waals surface area (Å²) in [6, 6.07) is 4.56. The number of carbonyl (C=O) groups excluding carboxylic acids is 1. The van der Waals surface area contributed by atoms with E-state index in [1.165, 1.54) is 19.2 Å². The monoisotopic (exact) mass is 539 g/mol. The second-order valence-corrected chi connectivity index (χ2v) is 9.33. The van der Waals surface area contributed by atoms with Gasteiger partial charge in [-0.2, -0.15) is 4.98 Å². The summed E-state index contributed by atoms with van der Waals surface area (Å²) < 4.78 is 77.2. The SMILES string of the molecule is COC(=O)C1(C)CN(c2cc3c(N[C@H](C)c4cccc(C(F)F)c4F)nc(C)nc3nc2OCC(F)F)C1. The molecule has 0 unspecified atom stereocenters. The molecule has 1 saturated heterocycles. The standard InChI is InChI=1S/C25H26F5N5O3/c1-12(14-6-5-7-15(19(14)28)20(29)30)31-21-16-8-17(35-10-25(3,11-35)24(36)37-4)23(38-9-18(26)27)34-22(16)33-13(2)32-21/h5-8,12,18,20H,9-11H2,1-4H3,(H,31,32,33,34)/t12-/m1/s1. The molecule has 38 heavy (non-hydrogen) atoms. The van der Waals surface area contributed by atoms with Crippen LogP contribution in [-0.4, -0.2) is 54.2 Å². The molecular weight excluding hydrogens is 513 g/mol. The van der Waals surface area contributed by atoms with Gasteiger partial charge >= 0.3 is 5.97 Å². The van der Waals surface area contributed by atoms with Crippen LogP contribution in [0, 0.1) is 18.2 Å². The Morgan fingerprint density at radius 2 is 1.84 bits per heavy atom. The second-order valence-electron chi connectivity index (χ2n) is 9.33. The number of halogens is 5. The number of aromatic nitrogens is 3. The molecule has 0 spiro atoms. The number of hydrogen-bond donors (Lipinski definition) is 1. The van der Waals surface area contributed by atoms with E-state index in [-0.39, 0.29) is 41.8 Å². The van der Waals surface area contributed by atoms with E-state index in [2.05, 4.69) is 20.3 Å². The molecule has 1 atom stereocenters. The molecule has 1 fully saturated rings. The fraction of sp³-hybridized carbons (Fsp3) is 0.440. The summed E-state index contributed by atoms with van der Waals surface area (Å²) in [5.74, 6) is -1.04. The number of hydrogen-bond acceptors (Lipinski definition) is 8. The molecule has 1 aromatic carbocycles. The minimum Gasteiger partial charge on any atom is -0.470 e. The number of aryl methyl sites for hydroxylation is 1. The predicted octanol–water partition coefficient (Wildman–Crippen LogP) is 5.23. The van der Waals surface area contributed by atoms with E-state index >= 15 is 0 Å². The van der Waals surface area contributed by atoms with Gasteiger partial charge in [0.2, 0.25) is 5.88 Å². The van der Waals surface area contributed by atoms with Gasteiger partial charge in [0.05, 0.1) is 29.5 Å². The molecule has 2 aromatic heterocycles. The highest BCUT2D eigenvalue weighted by atomic mass is 19.3. The molecule has 8 nitrogen and oxygen atoms in total. The van der Waals surface area contributed by atoms with Gasteiger partial charge < -0.3 is 19.7 Å². The van der Waals surface area contributed by atoms with Gasteiger partial charge in [0.1, 0.15) is 23.1 Å². The van der Waals surface area contributed by atoms with Gasteiger partial charge in [-0.25, -0.2) is 31.9 Å². The maximum absolute atomic E-state index is 14.8. The Labute approximate surface area is 215 Å². The lowest BCUT2D eigenvalue weighted by Crippen LogP contribution is -2.59. The summed E-state index contributed by atoms with van der Waals surface area (Å²) in [6.45, 7) is 4.42. The number of esters is 1. The molecule has 0 saturated carbocycles. The maximum atomic E-state index is 14.8. The maximum Gasteiger partial charge on any atom is 0.315 e. The summed E-state index contributed by atoms with van der Waals surface area (Å²) in [4.78, 5) is 26.9. The van der Waals surface area contributed by atoms with E-state index in [1.54, 1.807) is 31.7 Å². The van der Waals surface area contributed by atoms with Crippen LogP contribution >= 0.6 is 0 Å². The molecule has 0 aliphatic carbocycles. The normalized spacial score (nSPS) is 15.5. The van der Waals surface area contributed by atoms with Gasteiger partial charge in [-0.1, -0.05) is 18.2 Å². The minimum atomic E-state index is -2.98. The molecule has 3 aromatic rings. The Hall–Kier alpha value is -3.77. The van der Waals surface area contributed by atoms with Crippen molar-refractivity contribution in [3.05, 3.63) is 47.0 Å². The first kappa shape index (κ1) is 27.3. The van der Waals surface area contributed by atoms with Crippen LogP contribution < -0.4 is 15.0 Å². The average molecular weight is 540 g/mol. The number of alkyl halides is 4. The molecule has 3 heterocycles. The van der Waals surface area contributed by atoms with Crippen molar-refractivity contribution in [2.45, 2.75) is 39.7 Å². The number of anilines is 2. The van der Waals surface area contributed by atoms with Crippen molar-refractivity contribution < 1.29 is 36.2 Å². The lowest BCUT2D eigenvalue weighted by molar-refractivity contribution is -0.153. The van der Waals surface area contributed by atoms with E-state index in [9.17, 15) is 26.7 Å². The highest BCUT2D eigenvalue weighted by Gasteiger charge is 2.47. The number of benzene rings is 1. The zero-order chi connectivity index (χ0) is 27.8. The number of nitrogens with one attached hydrogen (secondary N) is 1. The minimum absolute atomic E-state index is 0.00822. The number of methoxy groups -OCH3 is 1. The molecule has 1 aliphatic rings. The molecule has 0 bridgehead atoms. The highest BCUT2D eigenvalue weighted by Crippen LogP contribution is 2.41. The Bertz CT molecular complexity index is 1350. The van der Waals surface area contributed by atoms with Crippen molar-refractivity contribution in [2.24, 2.45) is 5.41 Å². The molecule has 0 amide bonds. The number of pyridine rings is 1.